The highest BCUT2D eigenvalue weighted by Crippen LogP contribution is 2.34. The van der Waals surface area contributed by atoms with Gasteiger partial charge in [-0.25, -0.2) is 9.97 Å². The van der Waals surface area contributed by atoms with E-state index in [0.717, 1.165) is 33.5 Å². The maximum absolute atomic E-state index is 10.3. The summed E-state index contributed by atoms with van der Waals surface area (Å²) in [4.78, 5) is 13.8. The summed E-state index contributed by atoms with van der Waals surface area (Å²) < 4.78 is 1.91. The number of aromatic nitrogens is 4. The number of rotatable bonds is 3. The Labute approximate surface area is 168 Å². The Kier molecular flexibility index (Phi) is 4.06. The molecule has 0 radical (unpaired) electrons. The fraction of sp³-hybridized carbons (Fsp3) is 0.0417. The Morgan fingerprint density at radius 3 is 2.41 bits per heavy atom. The molecule has 5 nitrogen and oxygen atoms in total. The van der Waals surface area contributed by atoms with Crippen LogP contribution in [0.3, 0.4) is 0 Å². The maximum atomic E-state index is 10.3. The monoisotopic (exact) mass is 378 g/mol. The highest BCUT2D eigenvalue weighted by Gasteiger charge is 2.17. The third-order valence-electron chi connectivity index (χ3n) is 5.04. The van der Waals surface area contributed by atoms with Crippen LogP contribution in [0.1, 0.15) is 0 Å². The van der Waals surface area contributed by atoms with E-state index >= 15 is 0 Å². The third kappa shape index (κ3) is 2.93. The van der Waals surface area contributed by atoms with E-state index in [4.69, 9.17) is 4.98 Å². The van der Waals surface area contributed by atoms with Crippen molar-refractivity contribution >= 4 is 11.2 Å². The maximum Gasteiger partial charge on any atom is 0.160 e. The zero-order valence-corrected chi connectivity index (χ0v) is 15.8. The molecule has 5 aromatic rings. The summed E-state index contributed by atoms with van der Waals surface area (Å²) in [7, 11) is 1.91. The van der Waals surface area contributed by atoms with Crippen LogP contribution in [0.2, 0.25) is 0 Å². The van der Waals surface area contributed by atoms with E-state index < -0.39 is 0 Å². The summed E-state index contributed by atoms with van der Waals surface area (Å²) in [6.45, 7) is 0. The number of hydrogen-bond donors (Lipinski definition) is 1. The number of fused-ring (bicyclic) bond motifs is 1. The second kappa shape index (κ2) is 6.87. The predicted molar refractivity (Wildman–Crippen MR) is 114 cm³/mol. The van der Waals surface area contributed by atoms with Crippen molar-refractivity contribution in [3.8, 4) is 39.5 Å². The van der Waals surface area contributed by atoms with E-state index in [1.807, 2.05) is 54.1 Å². The molecule has 0 amide bonds. The molecule has 1 N–H and O–H groups in total. The molecule has 0 saturated heterocycles. The summed E-state index contributed by atoms with van der Waals surface area (Å²) in [6.07, 6.45) is 3.59. The van der Waals surface area contributed by atoms with Crippen molar-refractivity contribution in [2.45, 2.75) is 0 Å². The van der Waals surface area contributed by atoms with Crippen molar-refractivity contribution in [2.24, 2.45) is 7.05 Å². The van der Waals surface area contributed by atoms with E-state index in [2.05, 4.69) is 28.2 Å². The second-order valence-electron chi connectivity index (χ2n) is 6.84. The number of aryl methyl sites for hydroxylation is 1. The lowest BCUT2D eigenvalue weighted by atomic mass is 10.0. The summed E-state index contributed by atoms with van der Waals surface area (Å²) in [5, 5.41) is 10.3. The average Bonchev–Trinajstić information content (AvgIpc) is 3.11. The van der Waals surface area contributed by atoms with Crippen molar-refractivity contribution in [3.05, 3.63) is 85.2 Å². The van der Waals surface area contributed by atoms with E-state index in [9.17, 15) is 5.11 Å². The molecular weight excluding hydrogens is 360 g/mol. The van der Waals surface area contributed by atoms with E-state index in [1.54, 1.807) is 24.5 Å². The molecule has 5 rings (SSSR count). The minimum absolute atomic E-state index is 0.199. The Hall–Kier alpha value is -3.99. The van der Waals surface area contributed by atoms with Gasteiger partial charge in [0.1, 0.15) is 17.1 Å². The molecule has 5 heteroatoms. The molecule has 0 unspecified atom stereocenters. The van der Waals surface area contributed by atoms with Crippen molar-refractivity contribution < 1.29 is 5.11 Å². The minimum Gasteiger partial charge on any atom is -0.507 e. The lowest BCUT2D eigenvalue weighted by Crippen LogP contribution is -1.94. The molecule has 3 heterocycles. The molecule has 0 spiro atoms. The standard InChI is InChI=1S/C24H18N4O/c1-28-23(19-9-2-3-11-21(19)29)27-22-18(12-14-26-24(22)28)16-7-6-8-17(15-16)20-10-4-5-13-25-20/h2-15,29H,1H3. The topological polar surface area (TPSA) is 63.8 Å². The molecule has 3 aromatic heterocycles. The lowest BCUT2D eigenvalue weighted by Gasteiger charge is -2.06. The van der Waals surface area contributed by atoms with Gasteiger partial charge in [0.05, 0.1) is 11.3 Å². The molecule has 29 heavy (non-hydrogen) atoms. The highest BCUT2D eigenvalue weighted by atomic mass is 16.3. The van der Waals surface area contributed by atoms with Crippen LogP contribution in [-0.4, -0.2) is 24.6 Å². The van der Waals surface area contributed by atoms with Crippen LogP contribution in [0.4, 0.5) is 0 Å². The van der Waals surface area contributed by atoms with Gasteiger partial charge in [0.25, 0.3) is 0 Å². The van der Waals surface area contributed by atoms with Gasteiger partial charge in [-0.3, -0.25) is 4.98 Å². The van der Waals surface area contributed by atoms with Crippen molar-refractivity contribution in [1.82, 2.24) is 19.5 Å². The molecule has 2 aromatic carbocycles. The number of nitrogens with zero attached hydrogens (tertiary/aromatic N) is 4. The average molecular weight is 378 g/mol. The van der Waals surface area contributed by atoms with Gasteiger partial charge in [0.15, 0.2) is 5.65 Å². The van der Waals surface area contributed by atoms with Crippen LogP contribution < -0.4 is 0 Å². The van der Waals surface area contributed by atoms with Crippen molar-refractivity contribution in [3.63, 3.8) is 0 Å². The van der Waals surface area contributed by atoms with Gasteiger partial charge in [0.2, 0.25) is 0 Å². The number of aromatic hydroxyl groups is 1. The summed E-state index contributed by atoms with van der Waals surface area (Å²) in [5.41, 5.74) is 6.25. The SMILES string of the molecule is Cn1c(-c2ccccc2O)nc2c(-c3cccc(-c4ccccn4)c3)ccnc21. The minimum atomic E-state index is 0.199. The van der Waals surface area contributed by atoms with Crippen molar-refractivity contribution in [2.75, 3.05) is 0 Å². The Morgan fingerprint density at radius 2 is 1.59 bits per heavy atom. The molecule has 0 aliphatic heterocycles. The number of phenolic OH excluding ortho intramolecular Hbond substituents is 1. The van der Waals surface area contributed by atoms with Crippen LogP contribution in [0.15, 0.2) is 85.2 Å². The van der Waals surface area contributed by atoms with Gasteiger partial charge in [-0.05, 0) is 42.0 Å². The van der Waals surface area contributed by atoms with Crippen LogP contribution in [0, 0.1) is 0 Å². The number of benzene rings is 2. The number of imidazole rings is 1. The van der Waals surface area contributed by atoms with E-state index in [-0.39, 0.29) is 5.75 Å². The van der Waals surface area contributed by atoms with E-state index in [0.29, 0.717) is 11.4 Å². The normalized spacial score (nSPS) is 11.1. The Morgan fingerprint density at radius 1 is 0.759 bits per heavy atom. The van der Waals surface area contributed by atoms with Gasteiger partial charge in [-0.2, -0.15) is 0 Å². The second-order valence-corrected chi connectivity index (χ2v) is 6.84. The predicted octanol–water partition coefficient (Wildman–Crippen LogP) is 5.07. The van der Waals surface area contributed by atoms with E-state index in [1.165, 1.54) is 0 Å². The zero-order chi connectivity index (χ0) is 19.8. The molecule has 0 saturated carbocycles. The molecule has 0 aliphatic carbocycles. The highest BCUT2D eigenvalue weighted by molar-refractivity contribution is 5.93. The first-order chi connectivity index (χ1) is 14.2. The van der Waals surface area contributed by atoms with Gasteiger partial charge in [-0.15, -0.1) is 0 Å². The van der Waals surface area contributed by atoms with Crippen LogP contribution in [0.25, 0.3) is 44.9 Å². The summed E-state index contributed by atoms with van der Waals surface area (Å²) in [6, 6.07) is 23.3. The zero-order valence-electron chi connectivity index (χ0n) is 15.8. The summed E-state index contributed by atoms with van der Waals surface area (Å²) in [5.74, 6) is 0.878. The first kappa shape index (κ1) is 17.1. The Bertz CT molecular complexity index is 1330. The molecule has 0 fully saturated rings. The first-order valence-corrected chi connectivity index (χ1v) is 9.34. The van der Waals surface area contributed by atoms with Crippen molar-refractivity contribution in [1.29, 1.82) is 0 Å². The molecule has 0 atom stereocenters. The number of pyridine rings is 2. The Balaban J connectivity index is 1.69. The first-order valence-electron chi connectivity index (χ1n) is 9.34. The number of para-hydroxylation sites is 1. The van der Waals surface area contributed by atoms with Crippen LogP contribution in [-0.2, 0) is 7.05 Å². The van der Waals surface area contributed by atoms with Gasteiger partial charge in [0, 0.05) is 30.6 Å². The summed E-state index contributed by atoms with van der Waals surface area (Å²) >= 11 is 0. The third-order valence-corrected chi connectivity index (χ3v) is 5.04. The fourth-order valence-electron chi connectivity index (χ4n) is 3.60. The van der Waals surface area contributed by atoms with Crippen LogP contribution >= 0.6 is 0 Å². The molecule has 0 aliphatic rings. The quantitative estimate of drug-likeness (QED) is 0.476. The fourth-order valence-corrected chi connectivity index (χ4v) is 3.60. The lowest BCUT2D eigenvalue weighted by molar-refractivity contribution is 0.476. The molecule has 140 valence electrons. The van der Waals surface area contributed by atoms with Gasteiger partial charge < -0.3 is 9.67 Å². The largest absolute Gasteiger partial charge is 0.507 e. The molecule has 0 bridgehead atoms. The van der Waals surface area contributed by atoms with Crippen LogP contribution in [0.5, 0.6) is 5.75 Å². The number of hydrogen-bond acceptors (Lipinski definition) is 4. The smallest absolute Gasteiger partial charge is 0.160 e. The molecular formula is C24H18N4O. The van der Waals surface area contributed by atoms with Gasteiger partial charge >= 0.3 is 0 Å². The number of phenols is 1. The van der Waals surface area contributed by atoms with Gasteiger partial charge in [-0.1, -0.05) is 36.4 Å².